The molecule has 0 radical (unpaired) electrons. The lowest BCUT2D eigenvalue weighted by atomic mass is 10.5. The molecule has 0 aliphatic heterocycles. The maximum atomic E-state index is 11.5. The second kappa shape index (κ2) is 6.33. The van der Waals surface area contributed by atoms with Crippen molar-refractivity contribution in [1.82, 2.24) is 0 Å². The highest BCUT2D eigenvalue weighted by atomic mass is 32.2. The first kappa shape index (κ1) is 13.8. The molecule has 0 saturated heterocycles. The summed E-state index contributed by atoms with van der Waals surface area (Å²) in [5.41, 5.74) is -4.66. The summed E-state index contributed by atoms with van der Waals surface area (Å²) in [5, 5.41) is 0. The van der Waals surface area contributed by atoms with Crippen LogP contribution in [0.15, 0.2) is 12.2 Å². The van der Waals surface area contributed by atoms with E-state index < -0.39 is 29.5 Å². The van der Waals surface area contributed by atoms with Crippen LogP contribution >= 0.6 is 12.0 Å². The summed E-state index contributed by atoms with van der Waals surface area (Å²) in [6.45, 7) is 1.65. The molecule has 0 aliphatic rings. The minimum Gasteiger partial charge on any atom is -0.463 e. The lowest BCUT2D eigenvalue weighted by molar-refractivity contribution is -0.137. The van der Waals surface area contributed by atoms with Gasteiger partial charge in [-0.1, -0.05) is 0 Å². The van der Waals surface area contributed by atoms with Crippen molar-refractivity contribution in [3.63, 3.8) is 0 Å². The van der Waals surface area contributed by atoms with E-state index in [4.69, 9.17) is 0 Å². The van der Waals surface area contributed by atoms with E-state index in [1.54, 1.807) is 6.92 Å². The maximum absolute atomic E-state index is 11.5. The Morgan fingerprint density at radius 1 is 1.27 bits per heavy atom. The number of alkyl halides is 3. The first-order valence-electron chi connectivity index (χ1n) is 3.66. The van der Waals surface area contributed by atoms with Crippen molar-refractivity contribution in [2.24, 2.45) is 0 Å². The Hall–Kier alpha value is -1.18. The van der Waals surface area contributed by atoms with Crippen LogP contribution in [-0.4, -0.2) is 24.1 Å². The number of hydrogen-bond donors (Lipinski definition) is 0. The third-order valence-electron chi connectivity index (χ3n) is 0.860. The zero-order valence-electron chi connectivity index (χ0n) is 7.54. The molecule has 15 heavy (non-hydrogen) atoms. The van der Waals surface area contributed by atoms with Crippen LogP contribution < -0.4 is 0 Å². The standard InChI is InChI=1S/C7H7F3O4S/c1-2-13-5(11)3-4-6(12)14-15-7(8,9)10/h3-4H,2H2,1H3/b4-3-. The van der Waals surface area contributed by atoms with Crippen LogP contribution in [0.1, 0.15) is 6.92 Å². The van der Waals surface area contributed by atoms with Gasteiger partial charge in [0, 0.05) is 12.2 Å². The Morgan fingerprint density at radius 3 is 2.27 bits per heavy atom. The first-order valence-corrected chi connectivity index (χ1v) is 4.40. The van der Waals surface area contributed by atoms with Crippen LogP contribution in [0.25, 0.3) is 0 Å². The molecule has 0 aliphatic carbocycles. The summed E-state index contributed by atoms with van der Waals surface area (Å²) < 4.78 is 42.6. The van der Waals surface area contributed by atoms with Gasteiger partial charge in [-0.3, -0.25) is 0 Å². The topological polar surface area (TPSA) is 52.6 Å². The van der Waals surface area contributed by atoms with Crippen molar-refractivity contribution in [2.75, 3.05) is 6.61 Å². The quantitative estimate of drug-likeness (QED) is 0.429. The highest BCUT2D eigenvalue weighted by molar-refractivity contribution is 7.95. The molecule has 0 fully saturated rings. The Morgan fingerprint density at radius 2 is 1.80 bits per heavy atom. The van der Waals surface area contributed by atoms with E-state index in [1.165, 1.54) is 0 Å². The molecule has 0 rings (SSSR count). The second-order valence-electron chi connectivity index (χ2n) is 2.02. The predicted molar refractivity (Wildman–Crippen MR) is 45.5 cm³/mol. The van der Waals surface area contributed by atoms with Gasteiger partial charge >= 0.3 is 17.4 Å². The van der Waals surface area contributed by atoms with E-state index in [0.717, 1.165) is 0 Å². The van der Waals surface area contributed by atoms with Gasteiger partial charge in [0.1, 0.15) is 0 Å². The Bertz CT molecular complexity index is 261. The number of hydrogen-bond acceptors (Lipinski definition) is 5. The first-order chi connectivity index (χ1) is 6.85. The van der Waals surface area contributed by atoms with Gasteiger partial charge in [0.15, 0.2) is 12.0 Å². The Balaban J connectivity index is 3.89. The van der Waals surface area contributed by atoms with Gasteiger partial charge in [-0.05, 0) is 6.92 Å². The molecule has 0 aromatic carbocycles. The third kappa shape index (κ3) is 9.13. The summed E-state index contributed by atoms with van der Waals surface area (Å²) >= 11 is -0.946. The summed E-state index contributed by atoms with van der Waals surface area (Å²) in [6, 6.07) is 0. The van der Waals surface area contributed by atoms with Gasteiger partial charge in [0.25, 0.3) is 0 Å². The van der Waals surface area contributed by atoms with Crippen LogP contribution in [0.5, 0.6) is 0 Å². The minimum absolute atomic E-state index is 0.107. The van der Waals surface area contributed by atoms with E-state index in [0.29, 0.717) is 12.2 Å². The lowest BCUT2D eigenvalue weighted by Crippen LogP contribution is -2.06. The molecule has 0 aromatic heterocycles. The van der Waals surface area contributed by atoms with Crippen molar-refractivity contribution in [1.29, 1.82) is 0 Å². The van der Waals surface area contributed by atoms with Crippen molar-refractivity contribution in [3.05, 3.63) is 12.2 Å². The van der Waals surface area contributed by atoms with E-state index >= 15 is 0 Å². The van der Waals surface area contributed by atoms with Crippen LogP contribution in [0.2, 0.25) is 0 Å². The largest absolute Gasteiger partial charge is 0.479 e. The fourth-order valence-electron chi connectivity index (χ4n) is 0.443. The smallest absolute Gasteiger partial charge is 0.463 e. The fraction of sp³-hybridized carbons (Fsp3) is 0.429. The van der Waals surface area contributed by atoms with Gasteiger partial charge in [-0.25, -0.2) is 9.59 Å². The van der Waals surface area contributed by atoms with Gasteiger partial charge in [-0.2, -0.15) is 13.2 Å². The van der Waals surface area contributed by atoms with Crippen molar-refractivity contribution < 1.29 is 31.7 Å². The van der Waals surface area contributed by atoms with E-state index in [-0.39, 0.29) is 6.61 Å². The number of esters is 1. The average Bonchev–Trinajstić information content (AvgIpc) is 2.11. The number of carbonyl (C=O) groups excluding carboxylic acids is 2. The van der Waals surface area contributed by atoms with Crippen LogP contribution in [0.4, 0.5) is 13.2 Å². The van der Waals surface area contributed by atoms with E-state index in [2.05, 4.69) is 8.92 Å². The van der Waals surface area contributed by atoms with Crippen LogP contribution in [0.3, 0.4) is 0 Å². The molecule has 0 N–H and O–H groups in total. The van der Waals surface area contributed by atoms with Crippen LogP contribution in [-0.2, 0) is 18.5 Å². The molecule has 0 spiro atoms. The number of rotatable bonds is 4. The molecule has 86 valence electrons. The summed E-state index contributed by atoms with van der Waals surface area (Å²) in [5.74, 6) is -2.11. The molecular formula is C7H7F3O4S. The monoisotopic (exact) mass is 244 g/mol. The lowest BCUT2D eigenvalue weighted by Gasteiger charge is -2.02. The summed E-state index contributed by atoms with van der Waals surface area (Å²) in [7, 11) is 0. The van der Waals surface area contributed by atoms with Gasteiger partial charge in [0.05, 0.1) is 6.61 Å². The van der Waals surface area contributed by atoms with Gasteiger partial charge < -0.3 is 8.92 Å². The number of carbonyl (C=O) groups is 2. The molecule has 0 atom stereocenters. The molecule has 0 unspecified atom stereocenters. The normalized spacial score (nSPS) is 11.5. The Labute approximate surface area is 87.6 Å². The second-order valence-corrected chi connectivity index (χ2v) is 2.81. The molecule has 0 aromatic rings. The van der Waals surface area contributed by atoms with Crippen molar-refractivity contribution in [3.8, 4) is 0 Å². The zero-order valence-corrected chi connectivity index (χ0v) is 8.35. The minimum atomic E-state index is -4.66. The van der Waals surface area contributed by atoms with Crippen LogP contribution in [0, 0.1) is 0 Å². The van der Waals surface area contributed by atoms with Gasteiger partial charge in [-0.15, -0.1) is 0 Å². The number of halogens is 3. The van der Waals surface area contributed by atoms with Crippen molar-refractivity contribution in [2.45, 2.75) is 12.4 Å². The number of ether oxygens (including phenoxy) is 1. The molecule has 0 amide bonds. The third-order valence-corrected chi connectivity index (χ3v) is 1.30. The Kier molecular flexibility index (Phi) is 5.83. The zero-order chi connectivity index (χ0) is 11.9. The van der Waals surface area contributed by atoms with E-state index in [1.807, 2.05) is 0 Å². The van der Waals surface area contributed by atoms with E-state index in [9.17, 15) is 22.8 Å². The molecule has 8 heteroatoms. The molecule has 0 saturated carbocycles. The molecule has 4 nitrogen and oxygen atoms in total. The molecule has 0 bridgehead atoms. The van der Waals surface area contributed by atoms with Gasteiger partial charge in [0.2, 0.25) is 0 Å². The highest BCUT2D eigenvalue weighted by Gasteiger charge is 2.32. The fourth-order valence-corrected chi connectivity index (χ4v) is 0.675. The predicted octanol–water partition coefficient (Wildman–Crippen LogP) is 1.82. The SMILES string of the molecule is CCOC(=O)/C=C\C(=O)OSC(F)(F)F. The maximum Gasteiger partial charge on any atom is 0.479 e. The summed E-state index contributed by atoms with van der Waals surface area (Å²) in [4.78, 5) is 21.2. The molecule has 0 heterocycles. The summed E-state index contributed by atoms with van der Waals surface area (Å²) in [6.07, 6.45) is 1.24. The van der Waals surface area contributed by atoms with Crippen molar-refractivity contribution >= 4 is 24.0 Å². The average molecular weight is 244 g/mol. The molecular weight excluding hydrogens is 237 g/mol. The highest BCUT2D eigenvalue weighted by Crippen LogP contribution is 2.30.